The molecule has 122 valence electrons. The van der Waals surface area contributed by atoms with Crippen LogP contribution in [0.15, 0.2) is 67.0 Å². The summed E-state index contributed by atoms with van der Waals surface area (Å²) >= 11 is 0. The van der Waals surface area contributed by atoms with Crippen LogP contribution in [-0.4, -0.2) is 29.3 Å². The molecule has 1 aromatic heterocycles. The van der Waals surface area contributed by atoms with Crippen molar-refractivity contribution in [3.63, 3.8) is 0 Å². The Morgan fingerprint density at radius 2 is 1.88 bits per heavy atom. The fourth-order valence-electron chi connectivity index (χ4n) is 2.38. The third-order valence-corrected chi connectivity index (χ3v) is 3.72. The summed E-state index contributed by atoms with van der Waals surface area (Å²) in [6, 6.07) is 17.5. The molecule has 0 bridgehead atoms. The van der Waals surface area contributed by atoms with Crippen molar-refractivity contribution < 1.29 is 9.53 Å². The molecule has 1 heterocycles. The highest BCUT2D eigenvalue weighted by atomic mass is 16.5. The second-order valence-corrected chi connectivity index (χ2v) is 5.36. The predicted molar refractivity (Wildman–Crippen MR) is 92.6 cm³/mol. The zero-order valence-electron chi connectivity index (χ0n) is 13.5. The number of rotatable bonds is 6. The third kappa shape index (κ3) is 3.81. The molecule has 0 saturated heterocycles. The molecule has 5 heteroatoms. The molecule has 0 radical (unpaired) electrons. The SMILES string of the molecule is COc1ccc(CCNC(=O)c2cnn(-c3ccccc3)c2)cc1. The maximum absolute atomic E-state index is 12.2. The summed E-state index contributed by atoms with van der Waals surface area (Å²) in [5.41, 5.74) is 2.62. The van der Waals surface area contributed by atoms with Crippen LogP contribution in [0.4, 0.5) is 0 Å². The van der Waals surface area contributed by atoms with Gasteiger partial charge in [0.1, 0.15) is 5.75 Å². The van der Waals surface area contributed by atoms with Gasteiger partial charge >= 0.3 is 0 Å². The Kier molecular flexibility index (Phi) is 4.91. The number of nitrogens with zero attached hydrogens (tertiary/aromatic N) is 2. The predicted octanol–water partition coefficient (Wildman–Crippen LogP) is 2.85. The lowest BCUT2D eigenvalue weighted by molar-refractivity contribution is 0.0954. The standard InChI is InChI=1S/C19H19N3O2/c1-24-18-9-7-15(8-10-18)11-12-20-19(23)16-13-21-22(14-16)17-5-3-2-4-6-17/h2-10,13-14H,11-12H2,1H3,(H,20,23). The first-order chi connectivity index (χ1) is 11.8. The van der Waals surface area contributed by atoms with Gasteiger partial charge in [0.25, 0.3) is 5.91 Å². The number of nitrogens with one attached hydrogen (secondary N) is 1. The third-order valence-electron chi connectivity index (χ3n) is 3.72. The Bertz CT molecular complexity index is 795. The van der Waals surface area contributed by atoms with Crippen LogP contribution in [0.2, 0.25) is 0 Å². The molecular weight excluding hydrogens is 302 g/mol. The van der Waals surface area contributed by atoms with E-state index in [1.165, 1.54) is 0 Å². The first-order valence-corrected chi connectivity index (χ1v) is 7.77. The quantitative estimate of drug-likeness (QED) is 0.759. The molecule has 2 aromatic carbocycles. The number of ether oxygens (including phenoxy) is 1. The van der Waals surface area contributed by atoms with Gasteiger partial charge in [-0.3, -0.25) is 4.79 Å². The highest BCUT2D eigenvalue weighted by Gasteiger charge is 2.08. The zero-order chi connectivity index (χ0) is 16.8. The summed E-state index contributed by atoms with van der Waals surface area (Å²) in [7, 11) is 1.64. The van der Waals surface area contributed by atoms with Gasteiger partial charge in [-0.15, -0.1) is 0 Å². The highest BCUT2D eigenvalue weighted by Crippen LogP contribution is 2.11. The van der Waals surface area contributed by atoms with E-state index in [0.29, 0.717) is 12.1 Å². The van der Waals surface area contributed by atoms with E-state index in [4.69, 9.17) is 4.74 Å². The van der Waals surface area contributed by atoms with E-state index < -0.39 is 0 Å². The van der Waals surface area contributed by atoms with Crippen molar-refractivity contribution in [1.82, 2.24) is 15.1 Å². The lowest BCUT2D eigenvalue weighted by Crippen LogP contribution is -2.25. The fourth-order valence-corrected chi connectivity index (χ4v) is 2.38. The topological polar surface area (TPSA) is 56.1 Å². The summed E-state index contributed by atoms with van der Waals surface area (Å²) in [6.45, 7) is 0.571. The highest BCUT2D eigenvalue weighted by molar-refractivity contribution is 5.93. The Balaban J connectivity index is 1.54. The maximum atomic E-state index is 12.2. The molecule has 0 aliphatic heterocycles. The van der Waals surface area contributed by atoms with E-state index in [1.54, 1.807) is 24.2 Å². The number of amides is 1. The van der Waals surface area contributed by atoms with Crippen molar-refractivity contribution in [3.8, 4) is 11.4 Å². The smallest absolute Gasteiger partial charge is 0.254 e. The van der Waals surface area contributed by atoms with Gasteiger partial charge in [-0.2, -0.15) is 5.10 Å². The van der Waals surface area contributed by atoms with Crippen molar-refractivity contribution in [1.29, 1.82) is 0 Å². The molecule has 0 saturated carbocycles. The number of carbonyl (C=O) groups excluding carboxylic acids is 1. The minimum Gasteiger partial charge on any atom is -0.497 e. The normalized spacial score (nSPS) is 10.4. The summed E-state index contributed by atoms with van der Waals surface area (Å²) in [4.78, 5) is 12.2. The number of hydrogen-bond donors (Lipinski definition) is 1. The largest absolute Gasteiger partial charge is 0.497 e. The van der Waals surface area contributed by atoms with E-state index in [-0.39, 0.29) is 5.91 Å². The molecule has 5 nitrogen and oxygen atoms in total. The summed E-state index contributed by atoms with van der Waals surface area (Å²) in [5.74, 6) is 0.710. The summed E-state index contributed by atoms with van der Waals surface area (Å²) in [6.07, 6.45) is 4.08. The minimum atomic E-state index is -0.120. The molecule has 3 aromatic rings. The number of hydrogen-bond acceptors (Lipinski definition) is 3. The Morgan fingerprint density at radius 1 is 1.12 bits per heavy atom. The molecule has 1 amide bonds. The molecule has 0 spiro atoms. The fraction of sp³-hybridized carbons (Fsp3) is 0.158. The van der Waals surface area contributed by atoms with Crippen molar-refractivity contribution in [2.45, 2.75) is 6.42 Å². The molecule has 1 N–H and O–H groups in total. The van der Waals surface area contributed by atoms with Crippen LogP contribution in [0, 0.1) is 0 Å². The number of para-hydroxylation sites is 1. The van der Waals surface area contributed by atoms with Crippen LogP contribution in [0.1, 0.15) is 15.9 Å². The average Bonchev–Trinajstić information content (AvgIpc) is 3.13. The first kappa shape index (κ1) is 15.8. The van der Waals surface area contributed by atoms with Crippen LogP contribution in [0.5, 0.6) is 5.75 Å². The van der Waals surface area contributed by atoms with Crippen LogP contribution >= 0.6 is 0 Å². The van der Waals surface area contributed by atoms with Gasteiger partial charge in [-0.05, 0) is 36.2 Å². The van der Waals surface area contributed by atoms with Gasteiger partial charge in [0.2, 0.25) is 0 Å². The van der Waals surface area contributed by atoms with Gasteiger partial charge in [0.05, 0.1) is 24.6 Å². The molecule has 3 rings (SSSR count). The molecule has 0 aliphatic rings. The number of aromatic nitrogens is 2. The van der Waals surface area contributed by atoms with Crippen molar-refractivity contribution in [2.24, 2.45) is 0 Å². The molecule has 0 fully saturated rings. The molecule has 24 heavy (non-hydrogen) atoms. The minimum absolute atomic E-state index is 0.120. The number of benzene rings is 2. The lowest BCUT2D eigenvalue weighted by atomic mass is 10.1. The van der Waals surface area contributed by atoms with E-state index >= 15 is 0 Å². The van der Waals surface area contributed by atoms with Gasteiger partial charge in [-0.1, -0.05) is 30.3 Å². The second kappa shape index (κ2) is 7.46. The van der Waals surface area contributed by atoms with Crippen molar-refractivity contribution in [3.05, 3.63) is 78.1 Å². The Hall–Kier alpha value is -3.08. The number of methoxy groups -OCH3 is 1. The lowest BCUT2D eigenvalue weighted by Gasteiger charge is -2.05. The van der Waals surface area contributed by atoms with Gasteiger partial charge in [-0.25, -0.2) is 4.68 Å². The van der Waals surface area contributed by atoms with E-state index in [0.717, 1.165) is 23.4 Å². The molecular formula is C19H19N3O2. The molecule has 0 unspecified atom stereocenters. The van der Waals surface area contributed by atoms with Gasteiger partial charge < -0.3 is 10.1 Å². The molecule has 0 aliphatic carbocycles. The Labute approximate surface area is 140 Å². The van der Waals surface area contributed by atoms with Gasteiger partial charge in [0, 0.05) is 12.7 Å². The maximum Gasteiger partial charge on any atom is 0.254 e. The average molecular weight is 321 g/mol. The van der Waals surface area contributed by atoms with Crippen molar-refractivity contribution >= 4 is 5.91 Å². The van der Waals surface area contributed by atoms with E-state index in [2.05, 4.69) is 10.4 Å². The monoisotopic (exact) mass is 321 g/mol. The summed E-state index contributed by atoms with van der Waals surface area (Å²) < 4.78 is 6.82. The van der Waals surface area contributed by atoms with Crippen LogP contribution in [0.25, 0.3) is 5.69 Å². The van der Waals surface area contributed by atoms with Crippen molar-refractivity contribution in [2.75, 3.05) is 13.7 Å². The van der Waals surface area contributed by atoms with E-state index in [1.807, 2.05) is 54.6 Å². The zero-order valence-corrected chi connectivity index (χ0v) is 13.5. The van der Waals surface area contributed by atoms with Gasteiger partial charge in [0.15, 0.2) is 0 Å². The second-order valence-electron chi connectivity index (χ2n) is 5.36. The van der Waals surface area contributed by atoms with Crippen LogP contribution in [0.3, 0.4) is 0 Å². The van der Waals surface area contributed by atoms with E-state index in [9.17, 15) is 4.79 Å². The van der Waals surface area contributed by atoms with Crippen LogP contribution < -0.4 is 10.1 Å². The molecule has 0 atom stereocenters. The first-order valence-electron chi connectivity index (χ1n) is 7.77. The summed E-state index contributed by atoms with van der Waals surface area (Å²) in [5, 5.41) is 7.15. The Morgan fingerprint density at radius 3 is 2.58 bits per heavy atom. The number of carbonyl (C=O) groups is 1. The van der Waals surface area contributed by atoms with Crippen LogP contribution in [-0.2, 0) is 6.42 Å².